The molecule has 0 bridgehead atoms. The molecule has 2 aromatic heterocycles. The van der Waals surface area contributed by atoms with E-state index in [9.17, 15) is 19.2 Å². The summed E-state index contributed by atoms with van der Waals surface area (Å²) in [7, 11) is 0. The monoisotopic (exact) mass is 432 g/mol. The number of hydrogen-bond acceptors (Lipinski definition) is 8. The number of carbonyl (C=O) groups is 2. The number of hydrogen-bond donors (Lipinski definition) is 0. The summed E-state index contributed by atoms with van der Waals surface area (Å²) in [5, 5.41) is 0.474. The molecule has 32 heavy (non-hydrogen) atoms. The first-order chi connectivity index (χ1) is 15.4. The molecule has 0 saturated heterocycles. The second-order valence-corrected chi connectivity index (χ2v) is 7.31. The molecule has 4 aromatic rings. The van der Waals surface area contributed by atoms with Crippen molar-refractivity contribution in [2.45, 2.75) is 39.5 Å². The van der Waals surface area contributed by atoms with Crippen LogP contribution in [-0.2, 0) is 12.8 Å². The number of aromatic nitrogens is 2. The fourth-order valence-corrected chi connectivity index (χ4v) is 3.42. The first-order valence-corrected chi connectivity index (χ1v) is 10.3. The molecule has 8 nitrogen and oxygen atoms in total. The van der Waals surface area contributed by atoms with Crippen LogP contribution in [0.15, 0.2) is 54.8 Å². The van der Waals surface area contributed by atoms with Gasteiger partial charge in [-0.05, 0) is 36.4 Å². The molecule has 0 fully saturated rings. The molecule has 8 heteroatoms. The van der Waals surface area contributed by atoms with E-state index in [2.05, 4.69) is 9.97 Å². The van der Waals surface area contributed by atoms with E-state index in [1.807, 2.05) is 0 Å². The number of Topliss-reactive ketones (excluding diaryl/α,β-unsaturated/α-hetero) is 2. The summed E-state index contributed by atoms with van der Waals surface area (Å²) in [6, 6.07) is 9.47. The fourth-order valence-electron chi connectivity index (χ4n) is 3.42. The summed E-state index contributed by atoms with van der Waals surface area (Å²) >= 11 is 0. The Labute approximate surface area is 181 Å². The highest BCUT2D eigenvalue weighted by Gasteiger charge is 2.13. The van der Waals surface area contributed by atoms with Crippen molar-refractivity contribution in [3.8, 4) is 0 Å². The zero-order chi connectivity index (χ0) is 22.8. The van der Waals surface area contributed by atoms with Gasteiger partial charge in [0.15, 0.2) is 23.3 Å². The van der Waals surface area contributed by atoms with Crippen molar-refractivity contribution in [2.75, 3.05) is 0 Å². The van der Waals surface area contributed by atoms with Gasteiger partial charge in [-0.3, -0.25) is 9.59 Å². The van der Waals surface area contributed by atoms with Crippen LogP contribution in [0.5, 0.6) is 0 Å². The number of ketones is 2. The molecular formula is C24H20N2O6. The zero-order valence-electron chi connectivity index (χ0n) is 17.6. The Morgan fingerprint density at radius 2 is 1.12 bits per heavy atom. The van der Waals surface area contributed by atoms with Crippen LogP contribution in [0.2, 0.25) is 0 Å². The van der Waals surface area contributed by atoms with Crippen molar-refractivity contribution in [3.63, 3.8) is 0 Å². The molecule has 0 radical (unpaired) electrons. The van der Waals surface area contributed by atoms with Crippen molar-refractivity contribution in [1.29, 1.82) is 0 Å². The minimum absolute atomic E-state index is 0.0704. The molecule has 0 unspecified atom stereocenters. The first-order valence-electron chi connectivity index (χ1n) is 10.3. The van der Waals surface area contributed by atoms with Gasteiger partial charge in [-0.25, -0.2) is 19.6 Å². The van der Waals surface area contributed by atoms with Gasteiger partial charge in [0, 0.05) is 36.8 Å². The Kier molecular flexibility index (Phi) is 5.77. The van der Waals surface area contributed by atoms with E-state index < -0.39 is 11.3 Å². The number of aryl methyl sites for hydroxylation is 2. The van der Waals surface area contributed by atoms with Crippen molar-refractivity contribution in [3.05, 3.63) is 80.1 Å². The lowest BCUT2D eigenvalue weighted by Gasteiger charge is -2.04. The molecule has 0 aliphatic rings. The van der Waals surface area contributed by atoms with Gasteiger partial charge >= 0.3 is 11.3 Å². The fraction of sp³-hybridized carbons (Fsp3) is 0.250. The number of carbonyl (C=O) groups excluding carboxylic acids is 2. The molecule has 2 heterocycles. The van der Waals surface area contributed by atoms with Gasteiger partial charge < -0.3 is 8.83 Å². The van der Waals surface area contributed by atoms with Gasteiger partial charge in [0.05, 0.1) is 21.8 Å². The highest BCUT2D eigenvalue weighted by Crippen LogP contribution is 2.16. The summed E-state index contributed by atoms with van der Waals surface area (Å²) in [6.07, 6.45) is 1.05. The maximum atomic E-state index is 12.4. The predicted octanol–water partition coefficient (Wildman–Crippen LogP) is 3.66. The van der Waals surface area contributed by atoms with E-state index in [4.69, 9.17) is 8.83 Å². The third kappa shape index (κ3) is 4.12. The van der Waals surface area contributed by atoms with E-state index in [1.54, 1.807) is 38.1 Å². The van der Waals surface area contributed by atoms with E-state index in [0.717, 1.165) is 0 Å². The number of nitrogens with zero attached hydrogens (tertiary/aromatic N) is 2. The molecule has 0 aliphatic heterocycles. The molecule has 0 saturated carbocycles. The Hall–Kier alpha value is -3.94. The van der Waals surface area contributed by atoms with Gasteiger partial charge in [0.2, 0.25) is 0 Å². The number of rotatable bonds is 7. The Morgan fingerprint density at radius 1 is 0.719 bits per heavy atom. The Morgan fingerprint density at radius 3 is 1.50 bits per heavy atom. The van der Waals surface area contributed by atoms with Crippen LogP contribution in [-0.4, -0.2) is 21.5 Å². The molecule has 162 valence electrons. The van der Waals surface area contributed by atoms with E-state index in [0.29, 0.717) is 35.0 Å². The van der Waals surface area contributed by atoms with Crippen LogP contribution in [0.25, 0.3) is 21.8 Å². The molecule has 4 rings (SSSR count). The predicted molar refractivity (Wildman–Crippen MR) is 117 cm³/mol. The standard InChI is InChI=1S/C24H20N2O6/c1-3-19(27)13-5-7-17-15(11-13)23(29)31-21(25-17)9-10-22-26-18-8-6-14(20(28)4-2)12-16(18)24(30)32-22/h5-8,11-12H,3-4,9-10H2,1-2H3. The number of fused-ring (bicyclic) bond motifs is 2. The summed E-state index contributed by atoms with van der Waals surface area (Å²) in [5.41, 5.74) is 0.545. The quantitative estimate of drug-likeness (QED) is 0.406. The largest absolute Gasteiger partial charge is 0.408 e. The molecule has 0 aliphatic carbocycles. The molecule has 0 atom stereocenters. The molecule has 0 amide bonds. The smallest absolute Gasteiger partial charge is 0.346 e. The molecule has 0 N–H and O–H groups in total. The van der Waals surface area contributed by atoms with Gasteiger partial charge in [0.25, 0.3) is 0 Å². The van der Waals surface area contributed by atoms with Crippen LogP contribution in [0.3, 0.4) is 0 Å². The minimum atomic E-state index is -0.586. The summed E-state index contributed by atoms with van der Waals surface area (Å²) in [6.45, 7) is 3.50. The van der Waals surface area contributed by atoms with Crippen LogP contribution in [0, 0.1) is 0 Å². The van der Waals surface area contributed by atoms with Crippen molar-refractivity contribution >= 4 is 33.4 Å². The maximum Gasteiger partial charge on any atom is 0.346 e. The average molecular weight is 432 g/mol. The van der Waals surface area contributed by atoms with Crippen LogP contribution >= 0.6 is 0 Å². The third-order valence-electron chi connectivity index (χ3n) is 5.18. The van der Waals surface area contributed by atoms with E-state index >= 15 is 0 Å². The second kappa shape index (κ2) is 8.66. The van der Waals surface area contributed by atoms with E-state index in [1.165, 1.54) is 12.1 Å². The van der Waals surface area contributed by atoms with Crippen LogP contribution in [0.4, 0.5) is 0 Å². The lowest BCUT2D eigenvalue weighted by molar-refractivity contribution is 0.0980. The van der Waals surface area contributed by atoms with Crippen molar-refractivity contribution in [2.24, 2.45) is 0 Å². The first kappa shape index (κ1) is 21.3. The number of benzene rings is 2. The highest BCUT2D eigenvalue weighted by atomic mass is 16.4. The molecular weight excluding hydrogens is 412 g/mol. The SMILES string of the molecule is CCC(=O)c1ccc2nc(CCc3nc4ccc(C(=O)CC)cc4c(=O)o3)oc(=O)c2c1. The summed E-state index contributed by atoms with van der Waals surface area (Å²) in [5.74, 6) is 0.203. The van der Waals surface area contributed by atoms with E-state index in [-0.39, 0.29) is 47.0 Å². The maximum absolute atomic E-state index is 12.4. The van der Waals surface area contributed by atoms with Crippen LogP contribution in [0.1, 0.15) is 59.2 Å². The van der Waals surface area contributed by atoms with Gasteiger partial charge in [-0.15, -0.1) is 0 Å². The average Bonchev–Trinajstić information content (AvgIpc) is 2.81. The lowest BCUT2D eigenvalue weighted by Crippen LogP contribution is -2.10. The highest BCUT2D eigenvalue weighted by molar-refractivity contribution is 5.99. The molecule has 0 spiro atoms. The van der Waals surface area contributed by atoms with Gasteiger partial charge in [-0.2, -0.15) is 0 Å². The Bertz CT molecular complexity index is 1370. The zero-order valence-corrected chi connectivity index (χ0v) is 17.6. The topological polar surface area (TPSA) is 120 Å². The molecule has 2 aromatic carbocycles. The third-order valence-corrected chi connectivity index (χ3v) is 5.18. The second-order valence-electron chi connectivity index (χ2n) is 7.31. The van der Waals surface area contributed by atoms with Crippen LogP contribution < -0.4 is 11.3 Å². The van der Waals surface area contributed by atoms with Gasteiger partial charge in [0.1, 0.15) is 0 Å². The summed E-state index contributed by atoms with van der Waals surface area (Å²) < 4.78 is 10.6. The normalized spacial score (nSPS) is 11.2. The minimum Gasteiger partial charge on any atom is -0.408 e. The lowest BCUT2D eigenvalue weighted by atomic mass is 10.1. The Balaban J connectivity index is 1.60. The summed E-state index contributed by atoms with van der Waals surface area (Å²) in [4.78, 5) is 57.2. The van der Waals surface area contributed by atoms with Crippen molar-refractivity contribution < 1.29 is 18.4 Å². The van der Waals surface area contributed by atoms with Gasteiger partial charge in [-0.1, -0.05) is 13.8 Å². The van der Waals surface area contributed by atoms with Crippen molar-refractivity contribution in [1.82, 2.24) is 9.97 Å².